The molecule has 1 aliphatic rings. The first-order chi connectivity index (χ1) is 18.7. The lowest BCUT2D eigenvalue weighted by Crippen LogP contribution is -2.25. The lowest BCUT2D eigenvalue weighted by atomic mass is 9.86. The van der Waals surface area contributed by atoms with Crippen LogP contribution in [0.25, 0.3) is 22.2 Å². The van der Waals surface area contributed by atoms with Gasteiger partial charge in [0, 0.05) is 49.4 Å². The largest absolute Gasteiger partial charge is 0.488 e. The van der Waals surface area contributed by atoms with Gasteiger partial charge in [0.15, 0.2) is 5.78 Å². The summed E-state index contributed by atoms with van der Waals surface area (Å²) in [6.07, 6.45) is 0. The molecule has 9 heteroatoms. The maximum absolute atomic E-state index is 14.1. The highest BCUT2D eigenvalue weighted by Crippen LogP contribution is 2.44. The van der Waals surface area contributed by atoms with E-state index in [4.69, 9.17) is 20.0 Å². The number of anilines is 1. The smallest absolute Gasteiger partial charge is 0.200 e. The fraction of sp³-hybridized carbons (Fsp3) is 0.310. The van der Waals surface area contributed by atoms with Gasteiger partial charge in [0.2, 0.25) is 0 Å². The van der Waals surface area contributed by atoms with Crippen molar-refractivity contribution in [3.63, 3.8) is 0 Å². The predicted octanol–water partition coefficient (Wildman–Crippen LogP) is 2.40. The molecule has 0 saturated carbocycles. The van der Waals surface area contributed by atoms with Crippen LogP contribution < -0.4 is 20.7 Å². The predicted molar refractivity (Wildman–Crippen MR) is 148 cm³/mol. The molecule has 0 saturated heterocycles. The monoisotopic (exact) mass is 515 g/mol. The van der Waals surface area contributed by atoms with Crippen LogP contribution in [0.2, 0.25) is 0 Å². The lowest BCUT2D eigenvalue weighted by Gasteiger charge is -2.21. The second-order valence-corrected chi connectivity index (χ2v) is 9.11. The Labute approximate surface area is 221 Å². The molecule has 0 amide bonds. The number of fused-ring (bicyclic) bond motifs is 2. The summed E-state index contributed by atoms with van der Waals surface area (Å²) in [5, 5.41) is 33.6. The molecule has 198 valence electrons. The van der Waals surface area contributed by atoms with Crippen molar-refractivity contribution < 1.29 is 19.7 Å². The SMILES string of the molecule is O=C1c2c(OCc3ccccc3)cccc2-c2nn(CCNCCO)c3ccc(NCCNCCO)c1c23. The second-order valence-electron chi connectivity index (χ2n) is 9.11. The fourth-order valence-electron chi connectivity index (χ4n) is 4.84. The lowest BCUT2D eigenvalue weighted by molar-refractivity contribution is 0.103. The van der Waals surface area contributed by atoms with Crippen molar-refractivity contribution in [3.05, 3.63) is 77.4 Å². The molecule has 0 radical (unpaired) electrons. The first kappa shape index (κ1) is 25.9. The Hall–Kier alpha value is -3.76. The van der Waals surface area contributed by atoms with E-state index in [1.165, 1.54) is 0 Å². The van der Waals surface area contributed by atoms with Gasteiger partial charge in [-0.2, -0.15) is 5.10 Å². The van der Waals surface area contributed by atoms with Crippen molar-refractivity contribution in [1.29, 1.82) is 0 Å². The van der Waals surface area contributed by atoms with Crippen LogP contribution in [-0.2, 0) is 13.2 Å². The normalized spacial score (nSPS) is 12.1. The molecule has 3 aromatic carbocycles. The topological polar surface area (TPSA) is 121 Å². The number of aliphatic hydroxyl groups excluding tert-OH is 2. The molecule has 5 N–H and O–H groups in total. The number of hydrogen-bond donors (Lipinski definition) is 5. The third kappa shape index (κ3) is 5.27. The maximum atomic E-state index is 14.1. The van der Waals surface area contributed by atoms with Gasteiger partial charge in [0.1, 0.15) is 18.1 Å². The number of nitrogens with zero attached hydrogens (tertiary/aromatic N) is 2. The Morgan fingerprint density at radius 3 is 2.39 bits per heavy atom. The molecule has 0 aliphatic heterocycles. The number of carbonyl (C=O) groups is 1. The van der Waals surface area contributed by atoms with E-state index in [0.717, 1.165) is 33.4 Å². The Balaban J connectivity index is 1.53. The number of nitrogens with one attached hydrogen (secondary N) is 3. The van der Waals surface area contributed by atoms with Crippen LogP contribution in [0.1, 0.15) is 21.5 Å². The van der Waals surface area contributed by atoms with Crippen LogP contribution in [-0.4, -0.2) is 71.7 Å². The number of benzene rings is 3. The molecule has 1 heterocycles. The highest BCUT2D eigenvalue weighted by Gasteiger charge is 2.33. The summed E-state index contributed by atoms with van der Waals surface area (Å²) >= 11 is 0. The average molecular weight is 516 g/mol. The first-order valence-electron chi connectivity index (χ1n) is 13.0. The molecular formula is C29H33N5O4. The van der Waals surface area contributed by atoms with Crippen LogP contribution in [0.4, 0.5) is 5.69 Å². The van der Waals surface area contributed by atoms with Gasteiger partial charge in [0.05, 0.1) is 36.4 Å². The van der Waals surface area contributed by atoms with Crippen molar-refractivity contribution in [2.24, 2.45) is 0 Å². The number of aromatic nitrogens is 2. The number of rotatable bonds is 14. The molecule has 38 heavy (non-hydrogen) atoms. The zero-order valence-corrected chi connectivity index (χ0v) is 21.2. The number of aliphatic hydroxyl groups is 2. The van der Waals surface area contributed by atoms with Crippen molar-refractivity contribution >= 4 is 22.4 Å². The number of ether oxygens (including phenoxy) is 1. The summed E-state index contributed by atoms with van der Waals surface area (Å²) in [7, 11) is 0. The average Bonchev–Trinajstić information content (AvgIpc) is 3.32. The molecule has 1 aliphatic carbocycles. The van der Waals surface area contributed by atoms with E-state index in [1.54, 1.807) is 0 Å². The summed E-state index contributed by atoms with van der Waals surface area (Å²) in [4.78, 5) is 14.1. The Morgan fingerprint density at radius 1 is 0.816 bits per heavy atom. The van der Waals surface area contributed by atoms with E-state index < -0.39 is 0 Å². The van der Waals surface area contributed by atoms with Gasteiger partial charge in [-0.05, 0) is 23.8 Å². The molecular weight excluding hydrogens is 482 g/mol. The highest BCUT2D eigenvalue weighted by atomic mass is 16.5. The van der Waals surface area contributed by atoms with E-state index in [-0.39, 0.29) is 19.0 Å². The molecule has 9 nitrogen and oxygen atoms in total. The second kappa shape index (κ2) is 12.2. The minimum Gasteiger partial charge on any atom is -0.488 e. The molecule has 0 fully saturated rings. The van der Waals surface area contributed by atoms with Gasteiger partial charge in [0.25, 0.3) is 0 Å². The minimum absolute atomic E-state index is 0.0745. The van der Waals surface area contributed by atoms with Crippen LogP contribution >= 0.6 is 0 Å². The number of ketones is 1. The Morgan fingerprint density at radius 2 is 1.61 bits per heavy atom. The standard InChI is InChI=1S/C29H33N5O4/c35-17-14-30-11-12-32-22-9-10-23-27-26(22)29(37)25-21(28(27)33-34(23)16-13-31-15-18-36)7-4-8-24(25)38-19-20-5-2-1-3-6-20/h1-10,30-32,35-36H,11-19H2. The van der Waals surface area contributed by atoms with Gasteiger partial charge in [-0.3, -0.25) is 9.48 Å². The molecule has 5 rings (SSSR count). The molecule has 0 unspecified atom stereocenters. The molecule has 0 bridgehead atoms. The molecule has 1 aromatic heterocycles. The molecule has 0 atom stereocenters. The van der Waals surface area contributed by atoms with E-state index >= 15 is 0 Å². The quantitative estimate of drug-likeness (QED) is 0.143. The van der Waals surface area contributed by atoms with E-state index in [2.05, 4.69) is 16.0 Å². The zero-order chi connectivity index (χ0) is 26.3. The maximum Gasteiger partial charge on any atom is 0.200 e. The highest BCUT2D eigenvalue weighted by molar-refractivity contribution is 6.28. The van der Waals surface area contributed by atoms with Crippen molar-refractivity contribution in [3.8, 4) is 17.0 Å². The summed E-state index contributed by atoms with van der Waals surface area (Å²) in [5.41, 5.74) is 5.30. The van der Waals surface area contributed by atoms with Gasteiger partial charge in [-0.1, -0.05) is 42.5 Å². The van der Waals surface area contributed by atoms with Crippen LogP contribution in [0.3, 0.4) is 0 Å². The Bertz CT molecular complexity index is 1400. The van der Waals surface area contributed by atoms with Gasteiger partial charge >= 0.3 is 0 Å². The molecule has 4 aromatic rings. The first-order valence-corrected chi connectivity index (χ1v) is 13.0. The van der Waals surface area contributed by atoms with Crippen LogP contribution in [0.5, 0.6) is 5.75 Å². The van der Waals surface area contributed by atoms with Gasteiger partial charge < -0.3 is 30.9 Å². The van der Waals surface area contributed by atoms with Crippen LogP contribution in [0, 0.1) is 0 Å². The van der Waals surface area contributed by atoms with Crippen molar-refractivity contribution in [1.82, 2.24) is 20.4 Å². The van der Waals surface area contributed by atoms with Gasteiger partial charge in [-0.15, -0.1) is 0 Å². The van der Waals surface area contributed by atoms with E-state index in [9.17, 15) is 4.79 Å². The number of carbonyl (C=O) groups excluding carboxylic acids is 1. The summed E-state index contributed by atoms with van der Waals surface area (Å²) in [6, 6.07) is 19.5. The minimum atomic E-state index is -0.0921. The summed E-state index contributed by atoms with van der Waals surface area (Å²) < 4.78 is 8.11. The third-order valence-electron chi connectivity index (χ3n) is 6.59. The van der Waals surface area contributed by atoms with Crippen LogP contribution in [0.15, 0.2) is 60.7 Å². The van der Waals surface area contributed by atoms with E-state index in [0.29, 0.717) is 62.8 Å². The summed E-state index contributed by atoms with van der Waals surface area (Å²) in [5.74, 6) is 0.444. The summed E-state index contributed by atoms with van der Waals surface area (Å²) in [6.45, 7) is 4.02. The molecule has 0 spiro atoms. The van der Waals surface area contributed by atoms with Crippen molar-refractivity contribution in [2.75, 3.05) is 51.3 Å². The zero-order valence-electron chi connectivity index (χ0n) is 21.2. The Kier molecular flexibility index (Phi) is 8.30. The van der Waals surface area contributed by atoms with Gasteiger partial charge in [-0.25, -0.2) is 0 Å². The van der Waals surface area contributed by atoms with Crippen molar-refractivity contribution in [2.45, 2.75) is 13.2 Å². The number of hydrogen-bond acceptors (Lipinski definition) is 8. The fourth-order valence-corrected chi connectivity index (χ4v) is 4.84. The third-order valence-corrected chi connectivity index (χ3v) is 6.59. The van der Waals surface area contributed by atoms with E-state index in [1.807, 2.05) is 65.3 Å².